The molecule has 0 unspecified atom stereocenters. The van der Waals surface area contributed by atoms with Gasteiger partial charge >= 0.3 is 5.97 Å². The van der Waals surface area contributed by atoms with Gasteiger partial charge in [0.25, 0.3) is 0 Å². The number of esters is 1. The van der Waals surface area contributed by atoms with Crippen molar-refractivity contribution in [3.63, 3.8) is 0 Å². The second kappa shape index (κ2) is 5.17. The lowest BCUT2D eigenvalue weighted by Gasteiger charge is -2.36. The molecule has 2 aliphatic heterocycles. The van der Waals surface area contributed by atoms with Gasteiger partial charge in [-0.3, -0.25) is 4.79 Å². The van der Waals surface area contributed by atoms with E-state index in [1.807, 2.05) is 6.07 Å². The molecule has 0 radical (unpaired) electrons. The number of fused-ring (bicyclic) bond motifs is 2. The number of ether oxygens (including phenoxy) is 1. The summed E-state index contributed by atoms with van der Waals surface area (Å²) >= 11 is 0. The van der Waals surface area contributed by atoms with Crippen LogP contribution in [0.15, 0.2) is 18.2 Å². The summed E-state index contributed by atoms with van der Waals surface area (Å²) in [7, 11) is 1.43. The van der Waals surface area contributed by atoms with Gasteiger partial charge in [0, 0.05) is 18.0 Å². The summed E-state index contributed by atoms with van der Waals surface area (Å²) in [6, 6.07) is 5.93. The van der Waals surface area contributed by atoms with Crippen molar-refractivity contribution >= 4 is 5.97 Å². The van der Waals surface area contributed by atoms with Crippen LogP contribution in [0.1, 0.15) is 36.3 Å². The van der Waals surface area contributed by atoms with Gasteiger partial charge in [-0.25, -0.2) is 4.39 Å². The van der Waals surface area contributed by atoms with Crippen molar-refractivity contribution in [2.75, 3.05) is 7.11 Å². The van der Waals surface area contributed by atoms with Gasteiger partial charge in [-0.1, -0.05) is 12.1 Å². The van der Waals surface area contributed by atoms with E-state index in [0.29, 0.717) is 11.6 Å². The number of hydrogen-bond donors (Lipinski definition) is 1. The van der Waals surface area contributed by atoms with Crippen molar-refractivity contribution in [2.45, 2.75) is 44.2 Å². The number of rotatable bonds is 2. The van der Waals surface area contributed by atoms with Crippen LogP contribution in [0.5, 0.6) is 0 Å². The van der Waals surface area contributed by atoms with Crippen LogP contribution < -0.4 is 5.32 Å². The van der Waals surface area contributed by atoms with Crippen LogP contribution in [-0.4, -0.2) is 25.2 Å². The zero-order valence-corrected chi connectivity index (χ0v) is 11.9. The molecule has 1 N–H and O–H groups in total. The molecule has 2 heterocycles. The molecule has 108 valence electrons. The van der Waals surface area contributed by atoms with E-state index in [0.717, 1.165) is 24.8 Å². The Morgan fingerprint density at radius 3 is 2.90 bits per heavy atom. The number of nitrogens with one attached hydrogen (secondary N) is 1. The molecule has 2 bridgehead atoms. The lowest BCUT2D eigenvalue weighted by Crippen LogP contribution is -2.48. The average molecular weight is 277 g/mol. The number of carbonyl (C=O) groups excluding carboxylic acids is 1. The van der Waals surface area contributed by atoms with Gasteiger partial charge in [-0.15, -0.1) is 0 Å². The number of halogens is 1. The van der Waals surface area contributed by atoms with Gasteiger partial charge in [-0.05, 0) is 43.4 Å². The van der Waals surface area contributed by atoms with Gasteiger partial charge in [0.15, 0.2) is 0 Å². The highest BCUT2D eigenvalue weighted by atomic mass is 19.1. The molecule has 20 heavy (non-hydrogen) atoms. The molecule has 3 rings (SSSR count). The van der Waals surface area contributed by atoms with E-state index in [1.165, 1.54) is 7.11 Å². The summed E-state index contributed by atoms with van der Waals surface area (Å²) in [4.78, 5) is 12.1. The molecule has 3 nitrogen and oxygen atoms in total. The largest absolute Gasteiger partial charge is 0.469 e. The number of aryl methyl sites for hydroxylation is 1. The Hall–Kier alpha value is -1.42. The van der Waals surface area contributed by atoms with Crippen molar-refractivity contribution in [1.82, 2.24) is 5.32 Å². The molecule has 4 heteroatoms. The monoisotopic (exact) mass is 277 g/mol. The molecule has 4 atom stereocenters. The van der Waals surface area contributed by atoms with Gasteiger partial charge in [-0.2, -0.15) is 0 Å². The summed E-state index contributed by atoms with van der Waals surface area (Å²) in [6.07, 6.45) is 2.96. The lowest BCUT2D eigenvalue weighted by molar-refractivity contribution is -0.148. The minimum atomic E-state index is -0.208. The van der Waals surface area contributed by atoms with Crippen LogP contribution in [-0.2, 0) is 9.53 Å². The molecule has 1 aromatic rings. The normalized spacial score (nSPS) is 32.1. The Morgan fingerprint density at radius 1 is 1.40 bits per heavy atom. The SMILES string of the molecule is COC(=O)[C@@H]1[C@H]2CC[C@@H](C[C@H]1c1ccc(C)c(F)c1)N2. The predicted molar refractivity (Wildman–Crippen MR) is 73.9 cm³/mol. The predicted octanol–water partition coefficient (Wildman–Crippen LogP) is 2.53. The summed E-state index contributed by atoms with van der Waals surface area (Å²) in [5.74, 6) is -0.539. The number of carbonyl (C=O) groups is 1. The molecule has 0 aromatic heterocycles. The van der Waals surface area contributed by atoms with E-state index in [1.54, 1.807) is 19.1 Å². The Morgan fingerprint density at radius 2 is 2.20 bits per heavy atom. The van der Waals surface area contributed by atoms with Crippen molar-refractivity contribution in [3.05, 3.63) is 35.1 Å². The third-order valence-corrected chi connectivity index (χ3v) is 4.78. The first-order valence-corrected chi connectivity index (χ1v) is 7.20. The van der Waals surface area contributed by atoms with E-state index < -0.39 is 0 Å². The van der Waals surface area contributed by atoms with Gasteiger partial charge < -0.3 is 10.1 Å². The first kappa shape index (κ1) is 13.6. The summed E-state index contributed by atoms with van der Waals surface area (Å²) in [5.41, 5.74) is 1.56. The van der Waals surface area contributed by atoms with Crippen LogP contribution >= 0.6 is 0 Å². The Kier molecular flexibility index (Phi) is 3.50. The molecule has 2 aliphatic rings. The minimum Gasteiger partial charge on any atom is -0.469 e. The van der Waals surface area contributed by atoms with Crippen molar-refractivity contribution in [1.29, 1.82) is 0 Å². The fourth-order valence-corrected chi connectivity index (χ4v) is 3.70. The third-order valence-electron chi connectivity index (χ3n) is 4.78. The fourth-order valence-electron chi connectivity index (χ4n) is 3.70. The van der Waals surface area contributed by atoms with Gasteiger partial charge in [0.2, 0.25) is 0 Å². The highest BCUT2D eigenvalue weighted by molar-refractivity contribution is 5.75. The van der Waals surface area contributed by atoms with Crippen LogP contribution in [0.2, 0.25) is 0 Å². The maximum Gasteiger partial charge on any atom is 0.310 e. The Bertz CT molecular complexity index is 531. The Labute approximate surface area is 118 Å². The first-order chi connectivity index (χ1) is 9.60. The molecule has 0 saturated carbocycles. The molecule has 0 spiro atoms. The number of methoxy groups -OCH3 is 1. The number of hydrogen-bond acceptors (Lipinski definition) is 3. The molecular weight excluding hydrogens is 257 g/mol. The maximum absolute atomic E-state index is 13.8. The summed E-state index contributed by atoms with van der Waals surface area (Å²) in [6.45, 7) is 1.75. The van der Waals surface area contributed by atoms with E-state index in [2.05, 4.69) is 5.32 Å². The van der Waals surface area contributed by atoms with Crippen LogP contribution in [0.25, 0.3) is 0 Å². The quantitative estimate of drug-likeness (QED) is 0.844. The standard InChI is InChI=1S/C16H20FNO2/c1-9-3-4-10(7-13(9)17)12-8-11-5-6-14(18-11)15(12)16(19)20-2/h3-4,7,11-12,14-15,18H,5-6,8H2,1-2H3/t11-,12-,14+,15-/m0/s1. The van der Waals surface area contributed by atoms with Crippen molar-refractivity contribution < 1.29 is 13.9 Å². The number of piperidine rings is 1. The van der Waals surface area contributed by atoms with Crippen molar-refractivity contribution in [2.24, 2.45) is 5.92 Å². The first-order valence-electron chi connectivity index (χ1n) is 7.20. The topological polar surface area (TPSA) is 38.3 Å². The molecule has 0 aliphatic carbocycles. The highest BCUT2D eigenvalue weighted by Gasteiger charge is 2.46. The van der Waals surface area contributed by atoms with E-state index in [-0.39, 0.29) is 29.7 Å². The zero-order chi connectivity index (χ0) is 14.3. The molecule has 1 aromatic carbocycles. The van der Waals surface area contributed by atoms with Crippen LogP contribution in [0, 0.1) is 18.7 Å². The van der Waals surface area contributed by atoms with Crippen LogP contribution in [0.4, 0.5) is 4.39 Å². The molecule has 2 fully saturated rings. The molecule has 0 amide bonds. The maximum atomic E-state index is 13.8. The number of benzene rings is 1. The Balaban J connectivity index is 1.96. The fraction of sp³-hybridized carbons (Fsp3) is 0.562. The minimum absolute atomic E-state index is 0.0521. The second-order valence-corrected chi connectivity index (χ2v) is 5.95. The molecule has 2 saturated heterocycles. The summed E-state index contributed by atoms with van der Waals surface area (Å²) in [5, 5.41) is 3.49. The summed E-state index contributed by atoms with van der Waals surface area (Å²) < 4.78 is 18.8. The zero-order valence-electron chi connectivity index (χ0n) is 11.9. The highest BCUT2D eigenvalue weighted by Crippen LogP contribution is 2.42. The van der Waals surface area contributed by atoms with Gasteiger partial charge in [0.1, 0.15) is 5.82 Å². The van der Waals surface area contributed by atoms with E-state index in [9.17, 15) is 9.18 Å². The smallest absolute Gasteiger partial charge is 0.310 e. The van der Waals surface area contributed by atoms with E-state index >= 15 is 0 Å². The second-order valence-electron chi connectivity index (χ2n) is 5.95. The average Bonchev–Trinajstić information content (AvgIpc) is 2.82. The van der Waals surface area contributed by atoms with E-state index in [4.69, 9.17) is 4.74 Å². The van der Waals surface area contributed by atoms with Gasteiger partial charge in [0.05, 0.1) is 13.0 Å². The third kappa shape index (κ3) is 2.22. The van der Waals surface area contributed by atoms with Crippen LogP contribution in [0.3, 0.4) is 0 Å². The lowest BCUT2D eigenvalue weighted by atomic mass is 9.77. The molecular formula is C16H20FNO2. The van der Waals surface area contributed by atoms with Crippen molar-refractivity contribution in [3.8, 4) is 0 Å².